The Morgan fingerprint density at radius 1 is 1.12 bits per heavy atom. The Labute approximate surface area is 96.1 Å². The van der Waals surface area contributed by atoms with E-state index in [2.05, 4.69) is 15.1 Å². The molecule has 0 aliphatic rings. The summed E-state index contributed by atoms with van der Waals surface area (Å²) in [5.74, 6) is 0.105. The zero-order valence-corrected chi connectivity index (χ0v) is 9.31. The second-order valence-corrected chi connectivity index (χ2v) is 2.72. The van der Waals surface area contributed by atoms with Crippen molar-refractivity contribution in [2.24, 2.45) is 0 Å². The number of nitrogens with zero attached hydrogens (tertiary/aromatic N) is 4. The van der Waals surface area contributed by atoms with Gasteiger partial charge in [0.1, 0.15) is 0 Å². The van der Waals surface area contributed by atoms with Gasteiger partial charge < -0.3 is 0 Å². The molecule has 92 valence electrons. The molecule has 0 N–H and O–H groups in total. The third kappa shape index (κ3) is 3.27. The van der Waals surface area contributed by atoms with Crippen molar-refractivity contribution in [1.29, 1.82) is 0 Å². The highest BCUT2D eigenvalue weighted by atomic mass is 19.4. The van der Waals surface area contributed by atoms with Gasteiger partial charge in [0.05, 0.1) is 11.8 Å². The zero-order chi connectivity index (χ0) is 12.9. The fourth-order valence-electron chi connectivity index (χ4n) is 0.988. The summed E-state index contributed by atoms with van der Waals surface area (Å²) in [6, 6.07) is 1.57. The van der Waals surface area contributed by atoms with Crippen LogP contribution < -0.4 is 0 Å². The predicted octanol–water partition coefficient (Wildman–Crippen LogP) is 2.71. The quantitative estimate of drug-likeness (QED) is 0.774. The molecule has 0 atom stereocenters. The first-order valence-corrected chi connectivity index (χ1v) is 4.96. The van der Waals surface area contributed by atoms with Gasteiger partial charge in [-0.3, -0.25) is 0 Å². The summed E-state index contributed by atoms with van der Waals surface area (Å²) in [5.41, 5.74) is -0.824. The summed E-state index contributed by atoms with van der Waals surface area (Å²) < 4.78 is 37.6. The van der Waals surface area contributed by atoms with E-state index >= 15 is 0 Å². The molecule has 0 saturated carbocycles. The van der Waals surface area contributed by atoms with Crippen molar-refractivity contribution in [3.8, 4) is 5.95 Å². The average Bonchev–Trinajstić information content (AvgIpc) is 2.82. The van der Waals surface area contributed by atoms with Crippen molar-refractivity contribution < 1.29 is 13.2 Å². The SMILES string of the molecule is CC.FC(F)(F)c1cnn(-c2ncccn2)c1. The molecule has 2 aromatic rings. The monoisotopic (exact) mass is 244 g/mol. The van der Waals surface area contributed by atoms with Crippen LogP contribution in [0.3, 0.4) is 0 Å². The molecule has 2 heterocycles. The molecule has 0 bridgehead atoms. The van der Waals surface area contributed by atoms with Crippen LogP contribution in [0.5, 0.6) is 0 Å². The van der Waals surface area contributed by atoms with Crippen molar-refractivity contribution in [3.05, 3.63) is 36.4 Å². The maximum absolute atomic E-state index is 12.2. The number of hydrogen-bond acceptors (Lipinski definition) is 3. The molecule has 0 radical (unpaired) electrons. The van der Waals surface area contributed by atoms with Crippen molar-refractivity contribution >= 4 is 0 Å². The third-order valence-electron chi connectivity index (χ3n) is 1.67. The summed E-state index contributed by atoms with van der Waals surface area (Å²) in [6.07, 6.45) is 0.0350. The van der Waals surface area contributed by atoms with Gasteiger partial charge in [0, 0.05) is 18.6 Å². The zero-order valence-electron chi connectivity index (χ0n) is 9.31. The number of rotatable bonds is 1. The van der Waals surface area contributed by atoms with Crippen LogP contribution in [0.4, 0.5) is 13.2 Å². The normalized spacial score (nSPS) is 10.6. The molecule has 0 unspecified atom stereocenters. The lowest BCUT2D eigenvalue weighted by Gasteiger charge is -2.00. The van der Waals surface area contributed by atoms with Crippen LogP contribution in [0.15, 0.2) is 30.9 Å². The number of alkyl halides is 3. The van der Waals surface area contributed by atoms with Gasteiger partial charge in [-0.05, 0) is 6.07 Å². The average molecular weight is 244 g/mol. The van der Waals surface area contributed by atoms with E-state index in [1.807, 2.05) is 13.8 Å². The van der Waals surface area contributed by atoms with Gasteiger partial charge in [0.25, 0.3) is 0 Å². The lowest BCUT2D eigenvalue weighted by atomic mass is 10.4. The molecule has 4 nitrogen and oxygen atoms in total. The number of aromatic nitrogens is 4. The largest absolute Gasteiger partial charge is 0.419 e. The molecule has 2 rings (SSSR count). The van der Waals surface area contributed by atoms with E-state index in [4.69, 9.17) is 0 Å². The first kappa shape index (κ1) is 13.1. The van der Waals surface area contributed by atoms with Crippen molar-refractivity contribution in [2.45, 2.75) is 20.0 Å². The summed E-state index contributed by atoms with van der Waals surface area (Å²) in [7, 11) is 0. The third-order valence-corrected chi connectivity index (χ3v) is 1.67. The Bertz CT molecular complexity index is 450. The van der Waals surface area contributed by atoms with Crippen LogP contribution >= 0.6 is 0 Å². The van der Waals surface area contributed by atoms with Crippen LogP contribution in [0.25, 0.3) is 5.95 Å². The molecular weight excluding hydrogens is 233 g/mol. The molecule has 7 heteroatoms. The van der Waals surface area contributed by atoms with Crippen molar-refractivity contribution in [1.82, 2.24) is 19.7 Å². The molecular formula is C10H11F3N4. The summed E-state index contributed by atoms with van der Waals surface area (Å²) in [4.78, 5) is 7.53. The van der Waals surface area contributed by atoms with Gasteiger partial charge in [-0.15, -0.1) is 0 Å². The molecule has 0 aliphatic carbocycles. The van der Waals surface area contributed by atoms with Gasteiger partial charge in [-0.25, -0.2) is 14.6 Å². The van der Waals surface area contributed by atoms with Crippen LogP contribution in [0.2, 0.25) is 0 Å². The van der Waals surface area contributed by atoms with E-state index in [1.54, 1.807) is 6.07 Å². The van der Waals surface area contributed by atoms with E-state index in [9.17, 15) is 13.2 Å². The van der Waals surface area contributed by atoms with Gasteiger partial charge >= 0.3 is 6.18 Å². The molecule has 0 saturated heterocycles. The maximum atomic E-state index is 12.2. The van der Waals surface area contributed by atoms with Crippen LogP contribution in [-0.2, 0) is 6.18 Å². The fourth-order valence-corrected chi connectivity index (χ4v) is 0.988. The Balaban J connectivity index is 0.000000686. The van der Waals surface area contributed by atoms with E-state index in [1.165, 1.54) is 12.4 Å². The van der Waals surface area contributed by atoms with Crippen molar-refractivity contribution in [3.63, 3.8) is 0 Å². The second-order valence-electron chi connectivity index (χ2n) is 2.72. The highest BCUT2D eigenvalue weighted by Crippen LogP contribution is 2.28. The van der Waals surface area contributed by atoms with E-state index in [0.29, 0.717) is 0 Å². The topological polar surface area (TPSA) is 43.6 Å². The standard InChI is InChI=1S/C8H5F3N4.C2H6/c9-8(10,11)6-4-14-15(5-6)7-12-2-1-3-13-7;1-2/h1-5H;1-2H3. The van der Waals surface area contributed by atoms with Gasteiger partial charge in [0.15, 0.2) is 0 Å². The molecule has 0 spiro atoms. The second kappa shape index (κ2) is 5.42. The Morgan fingerprint density at radius 2 is 1.71 bits per heavy atom. The van der Waals surface area contributed by atoms with Crippen LogP contribution in [0, 0.1) is 0 Å². The molecule has 0 aromatic carbocycles. The Hall–Kier alpha value is -1.92. The van der Waals surface area contributed by atoms with Crippen LogP contribution in [-0.4, -0.2) is 19.7 Å². The lowest BCUT2D eigenvalue weighted by Crippen LogP contribution is -2.04. The molecule has 2 aromatic heterocycles. The first-order valence-electron chi connectivity index (χ1n) is 4.96. The molecule has 17 heavy (non-hydrogen) atoms. The maximum Gasteiger partial charge on any atom is 0.419 e. The highest BCUT2D eigenvalue weighted by Gasteiger charge is 2.32. The molecule has 0 aliphatic heterocycles. The van der Waals surface area contributed by atoms with Gasteiger partial charge in [-0.1, -0.05) is 13.8 Å². The van der Waals surface area contributed by atoms with Gasteiger partial charge in [0.2, 0.25) is 5.95 Å². The molecule has 0 fully saturated rings. The number of halogens is 3. The van der Waals surface area contributed by atoms with E-state index in [-0.39, 0.29) is 5.95 Å². The predicted molar refractivity (Wildman–Crippen MR) is 55.5 cm³/mol. The van der Waals surface area contributed by atoms with Gasteiger partial charge in [-0.2, -0.15) is 18.3 Å². The molecule has 0 amide bonds. The van der Waals surface area contributed by atoms with E-state index in [0.717, 1.165) is 17.1 Å². The lowest BCUT2D eigenvalue weighted by molar-refractivity contribution is -0.137. The first-order chi connectivity index (χ1) is 8.07. The van der Waals surface area contributed by atoms with E-state index < -0.39 is 11.7 Å². The number of hydrogen-bond donors (Lipinski definition) is 0. The summed E-state index contributed by atoms with van der Waals surface area (Å²) in [5, 5.41) is 3.52. The Morgan fingerprint density at radius 3 is 2.18 bits per heavy atom. The summed E-state index contributed by atoms with van der Waals surface area (Å²) >= 11 is 0. The minimum atomic E-state index is -4.40. The minimum Gasteiger partial charge on any atom is -0.220 e. The van der Waals surface area contributed by atoms with Crippen LogP contribution in [0.1, 0.15) is 19.4 Å². The smallest absolute Gasteiger partial charge is 0.220 e. The fraction of sp³-hybridized carbons (Fsp3) is 0.300. The minimum absolute atomic E-state index is 0.105. The Kier molecular flexibility index (Phi) is 4.19. The van der Waals surface area contributed by atoms with Crippen molar-refractivity contribution in [2.75, 3.05) is 0 Å². The summed E-state index contributed by atoms with van der Waals surface area (Å²) in [6.45, 7) is 4.00. The highest BCUT2D eigenvalue weighted by molar-refractivity contribution is 5.15.